The Hall–Kier alpha value is -1.63. The number of hydrogen-bond acceptors (Lipinski definition) is 5. The van der Waals surface area contributed by atoms with Gasteiger partial charge in [0.25, 0.3) is 11.7 Å². The Balaban J connectivity index is 2.18. The van der Waals surface area contributed by atoms with Gasteiger partial charge in [0.05, 0.1) is 10.0 Å². The maximum absolute atomic E-state index is 12.4. The van der Waals surface area contributed by atoms with E-state index < -0.39 is 0 Å². The lowest BCUT2D eigenvalue weighted by molar-refractivity contribution is 0.0716. The maximum atomic E-state index is 12.4. The Kier molecular flexibility index (Phi) is 5.76. The first-order valence-corrected chi connectivity index (χ1v) is 7.41. The molecule has 0 fully saturated rings. The molecule has 0 radical (unpaired) electrons. The average molecular weight is 344 g/mol. The van der Waals surface area contributed by atoms with Crippen molar-refractivity contribution in [1.29, 1.82) is 0 Å². The van der Waals surface area contributed by atoms with Crippen LogP contribution in [0.3, 0.4) is 0 Å². The van der Waals surface area contributed by atoms with Crippen LogP contribution in [0.1, 0.15) is 28.5 Å². The van der Waals surface area contributed by atoms with Crippen molar-refractivity contribution >= 4 is 29.1 Å². The number of amides is 1. The first kappa shape index (κ1) is 16.7. The van der Waals surface area contributed by atoms with Crippen LogP contribution >= 0.6 is 23.2 Å². The molecule has 8 heteroatoms. The van der Waals surface area contributed by atoms with Crippen LogP contribution in [0.2, 0.25) is 10.0 Å². The van der Waals surface area contributed by atoms with Crippen LogP contribution in [0.5, 0.6) is 0 Å². The van der Waals surface area contributed by atoms with E-state index in [0.717, 1.165) is 5.56 Å². The number of aromatic nitrogens is 2. The van der Waals surface area contributed by atoms with Gasteiger partial charge in [-0.2, -0.15) is 4.98 Å². The van der Waals surface area contributed by atoms with Crippen molar-refractivity contribution in [3.8, 4) is 0 Å². The molecule has 0 aliphatic rings. The molecule has 1 heterocycles. The van der Waals surface area contributed by atoms with E-state index in [0.29, 0.717) is 35.4 Å². The van der Waals surface area contributed by atoms with Crippen LogP contribution in [0.25, 0.3) is 0 Å². The summed E-state index contributed by atoms with van der Waals surface area (Å²) >= 11 is 11.9. The first-order valence-electron chi connectivity index (χ1n) is 6.65. The highest BCUT2D eigenvalue weighted by Crippen LogP contribution is 2.23. The molecule has 0 saturated carbocycles. The second-order valence-electron chi connectivity index (χ2n) is 4.69. The highest BCUT2D eigenvalue weighted by Gasteiger charge is 2.21. The third-order valence-electron chi connectivity index (χ3n) is 2.95. The third-order valence-corrected chi connectivity index (χ3v) is 3.69. The van der Waals surface area contributed by atoms with Crippen molar-refractivity contribution in [3.63, 3.8) is 0 Å². The van der Waals surface area contributed by atoms with E-state index >= 15 is 0 Å². The molecule has 1 amide bonds. The minimum absolute atomic E-state index is 0.00417. The highest BCUT2D eigenvalue weighted by molar-refractivity contribution is 6.42. The third kappa shape index (κ3) is 4.19. The predicted octanol–water partition coefficient (Wildman–Crippen LogP) is 2.71. The molecule has 22 heavy (non-hydrogen) atoms. The standard InChI is InChI=1S/C14H15Cl2N3O3/c1-9-17-13(18-22-9)14(21)19(5-2-6-20)8-10-3-4-11(15)12(16)7-10/h3-4,7,20H,2,5-6,8H2,1H3. The summed E-state index contributed by atoms with van der Waals surface area (Å²) in [6, 6.07) is 5.16. The summed E-state index contributed by atoms with van der Waals surface area (Å²) in [6.07, 6.45) is 0.448. The molecule has 0 aliphatic heterocycles. The topological polar surface area (TPSA) is 79.5 Å². The van der Waals surface area contributed by atoms with Crippen molar-refractivity contribution in [2.24, 2.45) is 0 Å². The molecule has 2 rings (SSSR count). The minimum Gasteiger partial charge on any atom is -0.396 e. The van der Waals surface area contributed by atoms with Crippen LogP contribution in [-0.2, 0) is 6.54 Å². The zero-order valence-electron chi connectivity index (χ0n) is 11.9. The Bertz CT molecular complexity index is 661. The van der Waals surface area contributed by atoms with Gasteiger partial charge in [-0.15, -0.1) is 0 Å². The van der Waals surface area contributed by atoms with Crippen molar-refractivity contribution in [3.05, 3.63) is 45.5 Å². The zero-order valence-corrected chi connectivity index (χ0v) is 13.4. The molecular formula is C14H15Cl2N3O3. The van der Waals surface area contributed by atoms with Crippen molar-refractivity contribution < 1.29 is 14.4 Å². The number of carbonyl (C=O) groups excluding carboxylic acids is 1. The molecular weight excluding hydrogens is 329 g/mol. The molecule has 1 N–H and O–H groups in total. The Labute approximate surface area is 137 Å². The number of aryl methyl sites for hydroxylation is 1. The number of rotatable bonds is 6. The van der Waals surface area contributed by atoms with E-state index in [4.69, 9.17) is 32.8 Å². The molecule has 1 aromatic carbocycles. The lowest BCUT2D eigenvalue weighted by atomic mass is 10.2. The van der Waals surface area contributed by atoms with Crippen LogP contribution in [0.15, 0.2) is 22.7 Å². The molecule has 6 nitrogen and oxygen atoms in total. The molecule has 0 spiro atoms. The quantitative estimate of drug-likeness (QED) is 0.872. The number of benzene rings is 1. The van der Waals surface area contributed by atoms with E-state index in [1.807, 2.05) is 0 Å². The highest BCUT2D eigenvalue weighted by atomic mass is 35.5. The molecule has 0 atom stereocenters. The van der Waals surface area contributed by atoms with Crippen molar-refractivity contribution in [2.75, 3.05) is 13.2 Å². The normalized spacial score (nSPS) is 10.7. The van der Waals surface area contributed by atoms with Gasteiger partial charge in [-0.3, -0.25) is 4.79 Å². The predicted molar refractivity (Wildman–Crippen MR) is 81.9 cm³/mol. The van der Waals surface area contributed by atoms with Crippen LogP contribution in [0, 0.1) is 6.92 Å². The lowest BCUT2D eigenvalue weighted by Gasteiger charge is -2.21. The number of carbonyl (C=O) groups is 1. The van der Waals surface area contributed by atoms with E-state index in [-0.39, 0.29) is 18.3 Å². The smallest absolute Gasteiger partial charge is 0.295 e. The SMILES string of the molecule is Cc1nc(C(=O)N(CCCO)Cc2ccc(Cl)c(Cl)c2)no1. The zero-order chi connectivity index (χ0) is 16.1. The summed E-state index contributed by atoms with van der Waals surface area (Å²) in [5.41, 5.74) is 0.820. The maximum Gasteiger partial charge on any atom is 0.295 e. The monoisotopic (exact) mass is 343 g/mol. The number of nitrogens with zero attached hydrogens (tertiary/aromatic N) is 3. The summed E-state index contributed by atoms with van der Waals surface area (Å²) in [6.45, 7) is 2.27. The van der Waals surface area contributed by atoms with Crippen LogP contribution < -0.4 is 0 Å². The van der Waals surface area contributed by atoms with E-state index in [2.05, 4.69) is 10.1 Å². The van der Waals surface area contributed by atoms with Crippen molar-refractivity contribution in [2.45, 2.75) is 19.9 Å². The first-order chi connectivity index (χ1) is 10.5. The average Bonchev–Trinajstić information content (AvgIpc) is 2.93. The molecule has 0 bridgehead atoms. The molecule has 118 valence electrons. The number of aliphatic hydroxyl groups excluding tert-OH is 1. The molecule has 0 aliphatic carbocycles. The van der Waals surface area contributed by atoms with E-state index in [1.54, 1.807) is 25.1 Å². The van der Waals surface area contributed by atoms with Gasteiger partial charge < -0.3 is 14.5 Å². The molecule has 0 saturated heterocycles. The summed E-state index contributed by atoms with van der Waals surface area (Å²) in [7, 11) is 0. The largest absolute Gasteiger partial charge is 0.396 e. The summed E-state index contributed by atoms with van der Waals surface area (Å²) in [5, 5.41) is 13.5. The molecule has 2 aromatic rings. The van der Waals surface area contributed by atoms with Gasteiger partial charge >= 0.3 is 0 Å². The Morgan fingerprint density at radius 1 is 1.36 bits per heavy atom. The second-order valence-corrected chi connectivity index (χ2v) is 5.50. The van der Waals surface area contributed by atoms with E-state index in [1.165, 1.54) is 4.90 Å². The molecule has 0 unspecified atom stereocenters. The number of aliphatic hydroxyl groups is 1. The van der Waals surface area contributed by atoms with Crippen LogP contribution in [-0.4, -0.2) is 39.2 Å². The van der Waals surface area contributed by atoms with Gasteiger partial charge in [0.2, 0.25) is 5.89 Å². The number of halogens is 2. The van der Waals surface area contributed by atoms with E-state index in [9.17, 15) is 4.79 Å². The second kappa shape index (κ2) is 7.58. The van der Waals surface area contributed by atoms with Crippen molar-refractivity contribution in [1.82, 2.24) is 15.0 Å². The fourth-order valence-corrected chi connectivity index (χ4v) is 2.22. The van der Waals surface area contributed by atoms with Gasteiger partial charge in [-0.05, 0) is 24.1 Å². The minimum atomic E-state index is -0.364. The summed E-state index contributed by atoms with van der Waals surface area (Å²) < 4.78 is 4.83. The van der Waals surface area contributed by atoms with Crippen LogP contribution in [0.4, 0.5) is 0 Å². The lowest BCUT2D eigenvalue weighted by Crippen LogP contribution is -2.32. The summed E-state index contributed by atoms with van der Waals surface area (Å²) in [5.74, 6) is -0.0492. The number of hydrogen-bond donors (Lipinski definition) is 1. The van der Waals surface area contributed by atoms with Gasteiger partial charge in [-0.1, -0.05) is 34.4 Å². The Morgan fingerprint density at radius 3 is 2.73 bits per heavy atom. The Morgan fingerprint density at radius 2 is 2.14 bits per heavy atom. The summed E-state index contributed by atoms with van der Waals surface area (Å²) in [4.78, 5) is 17.9. The fourth-order valence-electron chi connectivity index (χ4n) is 1.90. The fraction of sp³-hybridized carbons (Fsp3) is 0.357. The van der Waals surface area contributed by atoms with Gasteiger partial charge in [0.1, 0.15) is 0 Å². The van der Waals surface area contributed by atoms with Gasteiger partial charge in [0, 0.05) is 26.6 Å². The van der Waals surface area contributed by atoms with Gasteiger partial charge in [0.15, 0.2) is 0 Å². The molecule has 1 aromatic heterocycles. The van der Waals surface area contributed by atoms with Gasteiger partial charge in [-0.25, -0.2) is 0 Å².